The smallest absolute Gasteiger partial charge is 0.260 e. The van der Waals surface area contributed by atoms with E-state index in [0.717, 1.165) is 21.7 Å². The first-order chi connectivity index (χ1) is 21.5. The Kier molecular flexibility index (Phi) is 17.7. The molecule has 236 valence electrons. The second-order valence-corrected chi connectivity index (χ2v) is 9.78. The van der Waals surface area contributed by atoms with Crippen molar-refractivity contribution in [1.82, 2.24) is 20.6 Å². The first-order valence-electron chi connectivity index (χ1n) is 15.0. The first kappa shape index (κ1) is 37.7. The van der Waals surface area contributed by atoms with Gasteiger partial charge in [0.2, 0.25) is 10.9 Å². The normalized spacial score (nSPS) is 11.9. The topological polar surface area (TPSA) is 124 Å². The van der Waals surface area contributed by atoms with Gasteiger partial charge >= 0.3 is 0 Å². The summed E-state index contributed by atoms with van der Waals surface area (Å²) in [6, 6.07) is 3.55. The minimum atomic E-state index is -0.362. The van der Waals surface area contributed by atoms with Gasteiger partial charge in [0.25, 0.3) is 11.8 Å². The third-order valence-corrected chi connectivity index (χ3v) is 7.33. The summed E-state index contributed by atoms with van der Waals surface area (Å²) in [7, 11) is 0. The Morgan fingerprint density at radius 1 is 0.682 bits per heavy atom. The molecule has 8 nitrogen and oxygen atoms in total. The Bertz CT molecular complexity index is 1600. The molecule has 0 aliphatic heterocycles. The van der Waals surface area contributed by atoms with Crippen LogP contribution in [-0.2, 0) is 0 Å². The van der Waals surface area contributed by atoms with Crippen LogP contribution in [0.3, 0.4) is 0 Å². The Hall–Kier alpha value is -4.28. The summed E-state index contributed by atoms with van der Waals surface area (Å²) in [5, 5.41) is 9.69. The van der Waals surface area contributed by atoms with Crippen LogP contribution in [0.2, 0.25) is 0 Å². The third-order valence-electron chi connectivity index (χ3n) is 5.57. The number of aromatic nitrogens is 2. The first-order valence-corrected chi connectivity index (χ1v) is 16.8. The van der Waals surface area contributed by atoms with Crippen LogP contribution in [0.25, 0.3) is 20.4 Å². The molecule has 0 aromatic carbocycles. The summed E-state index contributed by atoms with van der Waals surface area (Å²) in [5.41, 5.74) is 2.24. The van der Waals surface area contributed by atoms with E-state index in [1.54, 1.807) is 6.07 Å². The fraction of sp³-hybridized carbons (Fsp3) is 0.294. The van der Waals surface area contributed by atoms with Gasteiger partial charge in [-0.3, -0.25) is 19.2 Å². The van der Waals surface area contributed by atoms with E-state index in [1.807, 2.05) is 109 Å². The van der Waals surface area contributed by atoms with Gasteiger partial charge in [0.05, 0.1) is 15.6 Å². The molecular formula is C34H44N4O4S2. The quantitative estimate of drug-likeness (QED) is 0.179. The number of hydrogen-bond acceptors (Lipinski definition) is 6. The zero-order valence-corrected chi connectivity index (χ0v) is 28.4. The average molecular weight is 637 g/mol. The molecule has 0 atom stereocenters. The molecule has 0 unspecified atom stereocenters. The number of hydrogen-bond donors (Lipinski definition) is 4. The maximum atomic E-state index is 12.1. The van der Waals surface area contributed by atoms with Crippen LogP contribution in [0.5, 0.6) is 0 Å². The number of H-pyrrole nitrogens is 2. The number of allylic oxidation sites excluding steroid dienone is 6. The van der Waals surface area contributed by atoms with E-state index in [9.17, 15) is 19.2 Å². The van der Waals surface area contributed by atoms with Gasteiger partial charge in [0, 0.05) is 36.6 Å². The Labute approximate surface area is 267 Å². The molecule has 0 radical (unpaired) electrons. The maximum absolute atomic E-state index is 12.1. The number of rotatable bonds is 4. The van der Waals surface area contributed by atoms with Crippen LogP contribution >= 0.6 is 22.7 Å². The second kappa shape index (κ2) is 20.6. The monoisotopic (exact) mass is 636 g/mol. The van der Waals surface area contributed by atoms with Crippen molar-refractivity contribution in [2.45, 2.75) is 68.2 Å². The highest BCUT2D eigenvalue weighted by Gasteiger charge is 2.16. The zero-order chi connectivity index (χ0) is 33.1. The standard InChI is InChI=1S/2C13H10N2O2S.4C2H6/c16-11-9(7-14-10-5-6-18-12(10)11)13(17)15-8-3-1-2-4-8;16-11-9-5-6-18-13(9)14-7-10(11)12(17)15-8-3-1-2-4-8;4*1-2/h2*1-3,5-7H,4H2,(H,14,16)(H,15,17);4*1-2H3. The number of aromatic amines is 2. The summed E-state index contributed by atoms with van der Waals surface area (Å²) in [6.45, 7) is 16.0. The third kappa shape index (κ3) is 9.89. The summed E-state index contributed by atoms with van der Waals surface area (Å²) < 4.78 is 0.584. The Balaban J connectivity index is 0.000000359. The molecule has 0 saturated carbocycles. The number of carbonyl (C=O) groups is 2. The van der Waals surface area contributed by atoms with Gasteiger partial charge in [-0.2, -0.15) is 0 Å². The van der Waals surface area contributed by atoms with E-state index in [2.05, 4.69) is 20.6 Å². The van der Waals surface area contributed by atoms with Gasteiger partial charge in [-0.05, 0) is 35.0 Å². The lowest BCUT2D eigenvalue weighted by atomic mass is 10.2. The van der Waals surface area contributed by atoms with E-state index >= 15 is 0 Å². The molecule has 4 N–H and O–H groups in total. The Morgan fingerprint density at radius 2 is 1.18 bits per heavy atom. The summed E-state index contributed by atoms with van der Waals surface area (Å²) >= 11 is 2.78. The number of nitrogens with one attached hydrogen (secondary N) is 4. The number of thiophene rings is 2. The van der Waals surface area contributed by atoms with Crippen molar-refractivity contribution in [3.63, 3.8) is 0 Å². The highest BCUT2D eigenvalue weighted by atomic mass is 32.1. The number of pyridine rings is 2. The van der Waals surface area contributed by atoms with E-state index in [1.165, 1.54) is 35.1 Å². The molecule has 4 aromatic rings. The van der Waals surface area contributed by atoms with Crippen molar-refractivity contribution in [3.8, 4) is 0 Å². The predicted octanol–water partition coefficient (Wildman–Crippen LogP) is 8.43. The van der Waals surface area contributed by atoms with Crippen molar-refractivity contribution in [3.05, 3.63) is 115 Å². The minimum absolute atomic E-state index is 0.147. The molecule has 2 aliphatic rings. The maximum Gasteiger partial charge on any atom is 0.260 e. The van der Waals surface area contributed by atoms with Crippen LogP contribution in [0.1, 0.15) is 88.9 Å². The SMILES string of the molecule is CC.CC.CC.CC.O=C(NC1=CC=CC1)c1c[nH]c2ccsc2c1=O.O=C(NC1=CC=CC1)c1c[nH]c2sccc2c1=O. The van der Waals surface area contributed by atoms with Crippen LogP contribution < -0.4 is 21.5 Å². The molecule has 4 heterocycles. The average Bonchev–Trinajstić information content (AvgIpc) is 3.90. The molecule has 6 rings (SSSR count). The van der Waals surface area contributed by atoms with Crippen molar-refractivity contribution >= 4 is 54.9 Å². The molecular weight excluding hydrogens is 593 g/mol. The summed E-state index contributed by atoms with van der Waals surface area (Å²) in [5.74, 6) is -0.721. The van der Waals surface area contributed by atoms with Gasteiger partial charge < -0.3 is 20.6 Å². The molecule has 0 bridgehead atoms. The molecule has 0 saturated heterocycles. The van der Waals surface area contributed by atoms with Crippen molar-refractivity contribution in [2.75, 3.05) is 0 Å². The van der Waals surface area contributed by atoms with Gasteiger partial charge in [-0.25, -0.2) is 0 Å². The summed E-state index contributed by atoms with van der Waals surface area (Å²) in [4.78, 5) is 54.9. The zero-order valence-electron chi connectivity index (χ0n) is 26.8. The van der Waals surface area contributed by atoms with Crippen LogP contribution in [-0.4, -0.2) is 21.8 Å². The van der Waals surface area contributed by atoms with Crippen LogP contribution in [0, 0.1) is 0 Å². The number of carbonyl (C=O) groups excluding carboxylic acids is 2. The van der Waals surface area contributed by atoms with Crippen molar-refractivity contribution < 1.29 is 9.59 Å². The molecule has 0 spiro atoms. The van der Waals surface area contributed by atoms with Gasteiger partial charge in [0.1, 0.15) is 16.0 Å². The minimum Gasteiger partial charge on any atom is -0.359 e. The fourth-order valence-corrected chi connectivity index (χ4v) is 5.29. The van der Waals surface area contributed by atoms with E-state index in [4.69, 9.17) is 0 Å². The van der Waals surface area contributed by atoms with Crippen molar-refractivity contribution in [2.24, 2.45) is 0 Å². The second-order valence-electron chi connectivity index (χ2n) is 7.95. The number of amides is 2. The largest absolute Gasteiger partial charge is 0.359 e. The highest BCUT2D eigenvalue weighted by Crippen LogP contribution is 2.16. The van der Waals surface area contributed by atoms with Crippen LogP contribution in [0.15, 0.2) is 92.7 Å². The van der Waals surface area contributed by atoms with E-state index < -0.39 is 0 Å². The molecule has 4 aromatic heterocycles. The van der Waals surface area contributed by atoms with Gasteiger partial charge in [-0.15, -0.1) is 22.7 Å². The fourth-order valence-electron chi connectivity index (χ4n) is 3.73. The summed E-state index contributed by atoms with van der Waals surface area (Å²) in [6.07, 6.45) is 15.6. The molecule has 10 heteroatoms. The van der Waals surface area contributed by atoms with Gasteiger partial charge in [-0.1, -0.05) is 79.7 Å². The highest BCUT2D eigenvalue weighted by molar-refractivity contribution is 7.17. The lowest BCUT2D eigenvalue weighted by molar-refractivity contribution is 0.0955. The van der Waals surface area contributed by atoms with E-state index in [-0.39, 0.29) is 33.8 Å². The molecule has 44 heavy (non-hydrogen) atoms. The predicted molar refractivity (Wildman–Crippen MR) is 189 cm³/mol. The van der Waals surface area contributed by atoms with Crippen molar-refractivity contribution in [1.29, 1.82) is 0 Å². The molecule has 2 aliphatic carbocycles. The molecule has 0 fully saturated rings. The lowest BCUT2D eigenvalue weighted by Gasteiger charge is -2.05. The number of fused-ring (bicyclic) bond motifs is 2. The van der Waals surface area contributed by atoms with Gasteiger partial charge in [0.15, 0.2) is 0 Å². The lowest BCUT2D eigenvalue weighted by Crippen LogP contribution is -2.27. The van der Waals surface area contributed by atoms with E-state index in [0.29, 0.717) is 22.9 Å². The van der Waals surface area contributed by atoms with Crippen LogP contribution in [0.4, 0.5) is 0 Å². The molecule has 2 amide bonds. The Morgan fingerprint density at radius 3 is 1.70 bits per heavy atom.